The zero-order valence-electron chi connectivity index (χ0n) is 13.7. The number of ether oxygens (including phenoxy) is 2. The molecule has 1 rings (SSSR count). The second-order valence-electron chi connectivity index (χ2n) is 5.58. The SMILES string of the molecule is Cc1c(Cl)ccc(OCCOCC[NH2+]CC[NH+](C)C)c1C. The van der Waals surface area contributed by atoms with Crippen molar-refractivity contribution >= 4 is 11.6 Å². The van der Waals surface area contributed by atoms with Crippen LogP contribution in [0.4, 0.5) is 0 Å². The van der Waals surface area contributed by atoms with Crippen LogP contribution in [-0.2, 0) is 4.74 Å². The largest absolute Gasteiger partial charge is 0.491 e. The molecular weight excluding hydrogens is 288 g/mol. The molecule has 1 aromatic carbocycles. The molecule has 0 atom stereocenters. The van der Waals surface area contributed by atoms with Crippen molar-refractivity contribution in [1.82, 2.24) is 0 Å². The number of likely N-dealkylation sites (N-methyl/N-ethyl adjacent to an activating group) is 1. The van der Waals surface area contributed by atoms with E-state index >= 15 is 0 Å². The summed E-state index contributed by atoms with van der Waals surface area (Å²) in [6.45, 7) is 9.32. The van der Waals surface area contributed by atoms with Gasteiger partial charge in [-0.25, -0.2) is 0 Å². The highest BCUT2D eigenvalue weighted by atomic mass is 35.5. The summed E-state index contributed by atoms with van der Waals surface area (Å²) in [6, 6.07) is 3.80. The van der Waals surface area contributed by atoms with Crippen LogP contribution in [0.1, 0.15) is 11.1 Å². The van der Waals surface area contributed by atoms with Gasteiger partial charge in [-0.3, -0.25) is 0 Å². The fourth-order valence-electron chi connectivity index (χ4n) is 1.93. The molecule has 120 valence electrons. The average molecular weight is 317 g/mol. The highest BCUT2D eigenvalue weighted by molar-refractivity contribution is 6.31. The molecule has 1 aromatic rings. The number of halogens is 1. The van der Waals surface area contributed by atoms with E-state index in [1.807, 2.05) is 26.0 Å². The van der Waals surface area contributed by atoms with E-state index in [-0.39, 0.29) is 0 Å². The van der Waals surface area contributed by atoms with Crippen LogP contribution in [0.2, 0.25) is 5.02 Å². The van der Waals surface area contributed by atoms with Crippen molar-refractivity contribution in [1.29, 1.82) is 0 Å². The molecule has 3 N–H and O–H groups in total. The fourth-order valence-corrected chi connectivity index (χ4v) is 2.14. The van der Waals surface area contributed by atoms with Crippen molar-refractivity contribution in [3.05, 3.63) is 28.3 Å². The van der Waals surface area contributed by atoms with E-state index in [9.17, 15) is 0 Å². The predicted octanol–water partition coefficient (Wildman–Crippen LogP) is 0.0601. The normalized spacial score (nSPS) is 11.1. The average Bonchev–Trinajstić information content (AvgIpc) is 2.45. The fraction of sp³-hybridized carbons (Fsp3) is 0.625. The van der Waals surface area contributed by atoms with Crippen LogP contribution in [0, 0.1) is 13.8 Å². The first-order valence-electron chi connectivity index (χ1n) is 7.59. The Hall–Kier alpha value is -0.810. The zero-order chi connectivity index (χ0) is 15.7. The number of quaternary nitrogens is 2. The molecule has 0 aliphatic carbocycles. The molecule has 0 bridgehead atoms. The molecule has 21 heavy (non-hydrogen) atoms. The Morgan fingerprint density at radius 2 is 1.81 bits per heavy atom. The van der Waals surface area contributed by atoms with Crippen molar-refractivity contribution in [2.75, 3.05) is 53.6 Å². The number of benzene rings is 1. The van der Waals surface area contributed by atoms with Crippen LogP contribution in [0.25, 0.3) is 0 Å². The van der Waals surface area contributed by atoms with Crippen LogP contribution in [0.3, 0.4) is 0 Å². The Bertz CT molecular complexity index is 425. The second-order valence-corrected chi connectivity index (χ2v) is 5.99. The van der Waals surface area contributed by atoms with Gasteiger partial charge in [0.2, 0.25) is 0 Å². The molecule has 0 heterocycles. The first-order chi connectivity index (χ1) is 10.0. The third kappa shape index (κ3) is 7.14. The number of hydrogen-bond donors (Lipinski definition) is 2. The molecule has 0 amide bonds. The molecule has 0 aromatic heterocycles. The molecule has 0 aliphatic heterocycles. The van der Waals surface area contributed by atoms with E-state index in [1.54, 1.807) is 0 Å². The molecule has 0 saturated heterocycles. The Morgan fingerprint density at radius 3 is 2.52 bits per heavy atom. The van der Waals surface area contributed by atoms with Gasteiger partial charge in [0, 0.05) is 5.02 Å². The van der Waals surface area contributed by atoms with Crippen molar-refractivity contribution in [2.45, 2.75) is 13.8 Å². The topological polar surface area (TPSA) is 39.5 Å². The van der Waals surface area contributed by atoms with Crippen LogP contribution in [-0.4, -0.2) is 53.6 Å². The smallest absolute Gasteiger partial charge is 0.126 e. The molecule has 0 radical (unpaired) electrons. The van der Waals surface area contributed by atoms with Gasteiger partial charge in [-0.2, -0.15) is 0 Å². The lowest BCUT2D eigenvalue weighted by atomic mass is 10.1. The Kier molecular flexibility index (Phi) is 8.69. The summed E-state index contributed by atoms with van der Waals surface area (Å²) >= 11 is 6.06. The zero-order valence-corrected chi connectivity index (χ0v) is 14.4. The highest BCUT2D eigenvalue weighted by Gasteiger charge is 2.05. The van der Waals surface area contributed by atoms with Crippen molar-refractivity contribution in [3.63, 3.8) is 0 Å². The minimum absolute atomic E-state index is 0.573. The van der Waals surface area contributed by atoms with Crippen LogP contribution < -0.4 is 15.0 Å². The predicted molar refractivity (Wildman–Crippen MR) is 86.6 cm³/mol. The number of nitrogens with two attached hydrogens (primary N) is 1. The Morgan fingerprint density at radius 1 is 1.05 bits per heavy atom. The summed E-state index contributed by atoms with van der Waals surface area (Å²) in [5.41, 5.74) is 2.18. The number of nitrogens with one attached hydrogen (secondary N) is 1. The van der Waals surface area contributed by atoms with E-state index < -0.39 is 0 Å². The maximum Gasteiger partial charge on any atom is 0.126 e. The Balaban J connectivity index is 2.08. The number of hydrogen-bond acceptors (Lipinski definition) is 2. The van der Waals surface area contributed by atoms with E-state index in [0.29, 0.717) is 13.2 Å². The van der Waals surface area contributed by atoms with E-state index in [0.717, 1.165) is 41.6 Å². The van der Waals surface area contributed by atoms with Gasteiger partial charge in [0.25, 0.3) is 0 Å². The first kappa shape index (κ1) is 18.2. The summed E-state index contributed by atoms with van der Waals surface area (Å²) in [4.78, 5) is 1.48. The van der Waals surface area contributed by atoms with Gasteiger partial charge in [-0.1, -0.05) is 11.6 Å². The minimum atomic E-state index is 0.573. The minimum Gasteiger partial charge on any atom is -0.491 e. The van der Waals surface area contributed by atoms with Crippen molar-refractivity contribution in [2.24, 2.45) is 0 Å². The number of rotatable bonds is 10. The van der Waals surface area contributed by atoms with Gasteiger partial charge in [0.05, 0.1) is 33.9 Å². The quantitative estimate of drug-likeness (QED) is 0.599. The van der Waals surface area contributed by atoms with Gasteiger partial charge in [-0.15, -0.1) is 0 Å². The van der Waals surface area contributed by atoms with E-state index in [4.69, 9.17) is 21.1 Å². The maximum atomic E-state index is 6.06. The third-order valence-corrected chi connectivity index (χ3v) is 3.88. The molecular formula is C16H29ClN2O2+2. The van der Waals surface area contributed by atoms with E-state index in [2.05, 4.69) is 19.4 Å². The lowest BCUT2D eigenvalue weighted by molar-refractivity contribution is -0.874. The van der Waals surface area contributed by atoms with Crippen molar-refractivity contribution < 1.29 is 19.7 Å². The highest BCUT2D eigenvalue weighted by Crippen LogP contribution is 2.26. The monoisotopic (exact) mass is 316 g/mol. The first-order valence-corrected chi connectivity index (χ1v) is 7.97. The Labute approximate surface area is 133 Å². The molecule has 0 unspecified atom stereocenters. The van der Waals surface area contributed by atoms with Crippen LogP contribution in [0.5, 0.6) is 5.75 Å². The lowest BCUT2D eigenvalue weighted by Gasteiger charge is -2.12. The van der Waals surface area contributed by atoms with Gasteiger partial charge < -0.3 is 19.7 Å². The molecule has 0 spiro atoms. The lowest BCUT2D eigenvalue weighted by Crippen LogP contribution is -3.09. The summed E-state index contributed by atoms with van der Waals surface area (Å²) in [5, 5.41) is 3.08. The summed E-state index contributed by atoms with van der Waals surface area (Å²) in [6.07, 6.45) is 0. The van der Waals surface area contributed by atoms with Gasteiger partial charge in [-0.05, 0) is 37.1 Å². The third-order valence-electron chi connectivity index (χ3n) is 3.47. The summed E-state index contributed by atoms with van der Waals surface area (Å²) < 4.78 is 11.3. The maximum absolute atomic E-state index is 6.06. The van der Waals surface area contributed by atoms with Gasteiger partial charge in [0.15, 0.2) is 0 Å². The van der Waals surface area contributed by atoms with Gasteiger partial charge >= 0.3 is 0 Å². The van der Waals surface area contributed by atoms with Gasteiger partial charge in [0.1, 0.15) is 25.4 Å². The summed E-state index contributed by atoms with van der Waals surface area (Å²) in [5.74, 6) is 0.890. The molecule has 4 nitrogen and oxygen atoms in total. The van der Waals surface area contributed by atoms with Crippen molar-refractivity contribution in [3.8, 4) is 5.75 Å². The van der Waals surface area contributed by atoms with E-state index in [1.165, 1.54) is 11.4 Å². The molecule has 0 fully saturated rings. The second kappa shape index (κ2) is 10.0. The summed E-state index contributed by atoms with van der Waals surface area (Å²) in [7, 11) is 4.34. The van der Waals surface area contributed by atoms with Crippen LogP contribution >= 0.6 is 11.6 Å². The van der Waals surface area contributed by atoms with Crippen LogP contribution in [0.15, 0.2) is 12.1 Å². The standard InChI is InChI=1S/C16H27ClN2O2/c1-13-14(2)16(6-5-15(13)17)21-12-11-20-10-8-18-7-9-19(3)4/h5-6,18H,7-12H2,1-4H3/p+2. The molecule has 5 heteroatoms. The molecule has 0 saturated carbocycles. The molecule has 0 aliphatic rings.